The third-order valence-corrected chi connectivity index (χ3v) is 5.67. The summed E-state index contributed by atoms with van der Waals surface area (Å²) >= 11 is 5.08. The van der Waals surface area contributed by atoms with Crippen LogP contribution in [-0.2, 0) is 16.9 Å². The molecular weight excluding hydrogens is 390 g/mol. The van der Waals surface area contributed by atoms with E-state index in [0.717, 1.165) is 9.35 Å². The Labute approximate surface area is 153 Å². The molecule has 1 N–H and O–H groups in total. The standard InChI is InChI=1S/C17H18BrN3O2S/c1-17(12-6-4-3-5-7-12)15(22)21(16(23)19-17)11-20(2)10-13-8-9-14(18)24-13/h3-9H,10-11H2,1-2H3,(H,19,23)/t17-/m0/s1. The van der Waals surface area contributed by atoms with Crippen LogP contribution in [0.2, 0.25) is 0 Å². The van der Waals surface area contributed by atoms with E-state index < -0.39 is 5.54 Å². The molecule has 0 bridgehead atoms. The van der Waals surface area contributed by atoms with Gasteiger partial charge in [-0.15, -0.1) is 11.3 Å². The molecule has 2 heterocycles. The van der Waals surface area contributed by atoms with E-state index in [1.807, 2.05) is 54.4 Å². The molecule has 126 valence electrons. The quantitative estimate of drug-likeness (QED) is 0.772. The molecule has 1 aliphatic rings. The zero-order valence-corrected chi connectivity index (χ0v) is 15.9. The topological polar surface area (TPSA) is 52.6 Å². The van der Waals surface area contributed by atoms with Crippen molar-refractivity contribution in [1.29, 1.82) is 0 Å². The van der Waals surface area contributed by atoms with Gasteiger partial charge in [-0.2, -0.15) is 0 Å². The second-order valence-electron chi connectivity index (χ2n) is 6.02. The van der Waals surface area contributed by atoms with Gasteiger partial charge >= 0.3 is 6.03 Å². The van der Waals surface area contributed by atoms with Gasteiger partial charge in [0.15, 0.2) is 0 Å². The molecule has 3 rings (SSSR count). The molecule has 1 atom stereocenters. The van der Waals surface area contributed by atoms with Crippen LogP contribution in [0.15, 0.2) is 46.3 Å². The molecule has 1 aliphatic heterocycles. The molecule has 3 amide bonds. The lowest BCUT2D eigenvalue weighted by Gasteiger charge is -2.24. The lowest BCUT2D eigenvalue weighted by Crippen LogP contribution is -2.42. The fourth-order valence-corrected chi connectivity index (χ4v) is 4.35. The summed E-state index contributed by atoms with van der Waals surface area (Å²) in [6.45, 7) is 2.68. The smallest absolute Gasteiger partial charge is 0.319 e. The predicted octanol–water partition coefficient (Wildman–Crippen LogP) is 3.37. The van der Waals surface area contributed by atoms with Gasteiger partial charge in [-0.3, -0.25) is 9.69 Å². The monoisotopic (exact) mass is 407 g/mol. The van der Waals surface area contributed by atoms with Crippen LogP contribution in [0, 0.1) is 0 Å². The Balaban J connectivity index is 1.72. The van der Waals surface area contributed by atoms with Crippen LogP contribution < -0.4 is 5.32 Å². The Kier molecular flexibility index (Phi) is 4.76. The number of nitrogens with zero attached hydrogens (tertiary/aromatic N) is 2. The highest BCUT2D eigenvalue weighted by atomic mass is 79.9. The summed E-state index contributed by atoms with van der Waals surface area (Å²) in [7, 11) is 1.90. The molecule has 5 nitrogen and oxygen atoms in total. The lowest BCUT2D eigenvalue weighted by atomic mass is 9.92. The van der Waals surface area contributed by atoms with Gasteiger partial charge in [0.2, 0.25) is 0 Å². The van der Waals surface area contributed by atoms with E-state index in [0.29, 0.717) is 6.54 Å². The Morgan fingerprint density at radius 1 is 1.21 bits per heavy atom. The first-order chi connectivity index (χ1) is 11.4. The van der Waals surface area contributed by atoms with Gasteiger partial charge in [-0.25, -0.2) is 9.69 Å². The zero-order chi connectivity index (χ0) is 17.3. The molecule has 1 fully saturated rings. The van der Waals surface area contributed by atoms with Gasteiger partial charge in [0.05, 0.1) is 10.5 Å². The highest BCUT2D eigenvalue weighted by Gasteiger charge is 2.49. The number of urea groups is 1. The zero-order valence-electron chi connectivity index (χ0n) is 13.5. The van der Waals surface area contributed by atoms with Crippen LogP contribution in [0.4, 0.5) is 4.79 Å². The molecule has 24 heavy (non-hydrogen) atoms. The molecule has 1 aromatic carbocycles. The Morgan fingerprint density at radius 3 is 2.54 bits per heavy atom. The minimum absolute atomic E-state index is 0.224. The number of halogens is 1. The van der Waals surface area contributed by atoms with Crippen molar-refractivity contribution >= 4 is 39.2 Å². The van der Waals surface area contributed by atoms with Crippen molar-refractivity contribution in [2.24, 2.45) is 0 Å². The summed E-state index contributed by atoms with van der Waals surface area (Å²) in [5.41, 5.74) is -0.221. The van der Waals surface area contributed by atoms with Gasteiger partial charge in [0, 0.05) is 11.4 Å². The fraction of sp³-hybridized carbons (Fsp3) is 0.294. The number of carbonyl (C=O) groups excluding carboxylic acids is 2. The summed E-state index contributed by atoms with van der Waals surface area (Å²) in [6, 6.07) is 13.0. The molecule has 7 heteroatoms. The summed E-state index contributed by atoms with van der Waals surface area (Å²) < 4.78 is 1.07. The van der Waals surface area contributed by atoms with Crippen molar-refractivity contribution in [2.45, 2.75) is 19.0 Å². The summed E-state index contributed by atoms with van der Waals surface area (Å²) in [4.78, 5) is 29.6. The van der Waals surface area contributed by atoms with Gasteiger partial charge in [-0.05, 0) is 47.6 Å². The number of rotatable bonds is 5. The molecule has 2 aromatic rings. The Bertz CT molecular complexity index is 764. The number of amides is 3. The van der Waals surface area contributed by atoms with E-state index in [-0.39, 0.29) is 18.6 Å². The highest BCUT2D eigenvalue weighted by Crippen LogP contribution is 2.29. The maximum atomic E-state index is 12.8. The van der Waals surface area contributed by atoms with E-state index in [1.54, 1.807) is 18.3 Å². The molecule has 0 aliphatic carbocycles. The second-order valence-corrected chi connectivity index (χ2v) is 8.56. The lowest BCUT2D eigenvalue weighted by molar-refractivity contribution is -0.132. The molecule has 0 unspecified atom stereocenters. The normalized spacial score (nSPS) is 20.8. The number of nitrogens with one attached hydrogen (secondary N) is 1. The summed E-state index contributed by atoms with van der Waals surface area (Å²) in [6.07, 6.45) is 0. The van der Waals surface area contributed by atoms with E-state index in [9.17, 15) is 9.59 Å². The van der Waals surface area contributed by atoms with E-state index in [1.165, 1.54) is 9.78 Å². The minimum Gasteiger partial charge on any atom is -0.319 e. The Morgan fingerprint density at radius 2 is 1.92 bits per heavy atom. The first-order valence-corrected chi connectivity index (χ1v) is 9.13. The van der Waals surface area contributed by atoms with Crippen LogP contribution in [0.3, 0.4) is 0 Å². The maximum absolute atomic E-state index is 12.8. The molecule has 1 saturated heterocycles. The third-order valence-electron chi connectivity index (χ3n) is 4.06. The number of hydrogen-bond acceptors (Lipinski definition) is 4. The van der Waals surface area contributed by atoms with Crippen LogP contribution >= 0.6 is 27.3 Å². The fourth-order valence-electron chi connectivity index (χ4n) is 2.79. The van der Waals surface area contributed by atoms with Crippen LogP contribution in [0.1, 0.15) is 17.4 Å². The van der Waals surface area contributed by atoms with Gasteiger partial charge < -0.3 is 5.32 Å². The van der Waals surface area contributed by atoms with Crippen molar-refractivity contribution in [2.75, 3.05) is 13.7 Å². The largest absolute Gasteiger partial charge is 0.326 e. The van der Waals surface area contributed by atoms with Crippen molar-refractivity contribution in [3.05, 3.63) is 56.7 Å². The molecule has 0 saturated carbocycles. The van der Waals surface area contributed by atoms with Crippen molar-refractivity contribution in [3.8, 4) is 0 Å². The van der Waals surface area contributed by atoms with Crippen LogP contribution in [0.5, 0.6) is 0 Å². The second kappa shape index (κ2) is 6.66. The highest BCUT2D eigenvalue weighted by molar-refractivity contribution is 9.11. The molecule has 1 aromatic heterocycles. The minimum atomic E-state index is -1.01. The van der Waals surface area contributed by atoms with Gasteiger partial charge in [0.1, 0.15) is 5.54 Å². The molecule has 0 spiro atoms. The van der Waals surface area contributed by atoms with E-state index >= 15 is 0 Å². The van der Waals surface area contributed by atoms with E-state index in [4.69, 9.17) is 0 Å². The molecule has 0 radical (unpaired) electrons. The summed E-state index contributed by atoms with van der Waals surface area (Å²) in [5.74, 6) is -0.224. The number of hydrogen-bond donors (Lipinski definition) is 1. The van der Waals surface area contributed by atoms with Crippen molar-refractivity contribution in [3.63, 3.8) is 0 Å². The number of benzene rings is 1. The maximum Gasteiger partial charge on any atom is 0.326 e. The van der Waals surface area contributed by atoms with Crippen LogP contribution in [0.25, 0.3) is 0 Å². The SMILES string of the molecule is CN(Cc1ccc(Br)s1)CN1C(=O)N[C@@](C)(c2ccccc2)C1=O. The van der Waals surface area contributed by atoms with Crippen molar-refractivity contribution in [1.82, 2.24) is 15.1 Å². The Hall–Kier alpha value is -1.70. The van der Waals surface area contributed by atoms with Gasteiger partial charge in [0.25, 0.3) is 5.91 Å². The number of thiophene rings is 1. The average molecular weight is 408 g/mol. The number of carbonyl (C=O) groups is 2. The number of imide groups is 1. The first-order valence-electron chi connectivity index (χ1n) is 7.52. The van der Waals surface area contributed by atoms with Gasteiger partial charge in [-0.1, -0.05) is 30.3 Å². The van der Waals surface area contributed by atoms with E-state index in [2.05, 4.69) is 21.2 Å². The molecular formula is C17H18BrN3O2S. The van der Waals surface area contributed by atoms with Crippen LogP contribution in [-0.4, -0.2) is 35.5 Å². The predicted molar refractivity (Wildman–Crippen MR) is 97.5 cm³/mol. The third kappa shape index (κ3) is 3.24. The first kappa shape index (κ1) is 17.1. The summed E-state index contributed by atoms with van der Waals surface area (Å²) in [5, 5.41) is 2.83. The van der Waals surface area contributed by atoms with Crippen molar-refractivity contribution < 1.29 is 9.59 Å². The average Bonchev–Trinajstić information content (AvgIpc) is 3.05.